The van der Waals surface area contributed by atoms with Crippen LogP contribution in [0.25, 0.3) is 33.4 Å². The summed E-state index contributed by atoms with van der Waals surface area (Å²) in [5.74, 6) is 2.01. The van der Waals surface area contributed by atoms with Crippen molar-refractivity contribution in [2.24, 2.45) is 0 Å². The maximum atomic E-state index is 6.99. The van der Waals surface area contributed by atoms with Gasteiger partial charge in [-0.1, -0.05) is 168 Å². The molecule has 1 unspecified atom stereocenters. The van der Waals surface area contributed by atoms with E-state index in [0.717, 1.165) is 27.6 Å². The van der Waals surface area contributed by atoms with Crippen molar-refractivity contribution in [1.29, 1.82) is 0 Å². The largest absolute Gasteiger partial charge is 0.864 e. The van der Waals surface area contributed by atoms with Crippen LogP contribution in [0.3, 0.4) is 0 Å². The lowest BCUT2D eigenvalue weighted by Crippen LogP contribution is -2.38. The molecule has 0 saturated heterocycles. The third-order valence-corrected chi connectivity index (χ3v) is 12.9. The van der Waals surface area contributed by atoms with E-state index < -0.39 is 15.2 Å². The zero-order valence-electron chi connectivity index (χ0n) is 33.6. The van der Waals surface area contributed by atoms with Crippen molar-refractivity contribution < 1.29 is 14.0 Å². The van der Waals surface area contributed by atoms with E-state index >= 15 is 0 Å². The van der Waals surface area contributed by atoms with Crippen LogP contribution < -0.4 is 29.9 Å². The molecule has 0 heterocycles. The van der Waals surface area contributed by atoms with Gasteiger partial charge in [0.15, 0.2) is 0 Å². The van der Waals surface area contributed by atoms with Crippen LogP contribution in [0.2, 0.25) is 0 Å². The van der Waals surface area contributed by atoms with Gasteiger partial charge in [0.2, 0.25) is 0 Å². The first kappa shape index (κ1) is 38.5. The monoisotopic (exact) mass is 772 g/mol. The zero-order valence-corrected chi connectivity index (χ0v) is 34.5. The van der Waals surface area contributed by atoms with Crippen LogP contribution in [0.4, 0.5) is 0 Å². The van der Waals surface area contributed by atoms with Gasteiger partial charge in [-0.2, -0.15) is 0 Å². The van der Waals surface area contributed by atoms with Crippen LogP contribution in [0.15, 0.2) is 188 Å². The molecule has 0 bridgehead atoms. The molecule has 284 valence electrons. The van der Waals surface area contributed by atoms with Gasteiger partial charge < -0.3 is 14.0 Å². The Labute approximate surface area is 344 Å². The third-order valence-electron chi connectivity index (χ3n) is 10.4. The SMILES string of the molecule is Cc1ccc(OB(Oc2ccc(C)cc2)Oc2ccc(C)cc2P(c2ccc(C)cc2)c2cc(-c3ccccc3)c(C)c(-c3ccccc3)c2-c2ccccc2)cc1. The van der Waals surface area contributed by atoms with E-state index in [1.165, 1.54) is 49.6 Å². The molecule has 0 amide bonds. The highest BCUT2D eigenvalue weighted by Gasteiger charge is 2.34. The zero-order chi connectivity index (χ0) is 40.0. The maximum absolute atomic E-state index is 6.99. The van der Waals surface area contributed by atoms with E-state index in [0.29, 0.717) is 17.2 Å². The normalized spacial score (nSPS) is 11.5. The van der Waals surface area contributed by atoms with E-state index in [-0.39, 0.29) is 0 Å². The predicted molar refractivity (Wildman–Crippen MR) is 246 cm³/mol. The summed E-state index contributed by atoms with van der Waals surface area (Å²) in [5.41, 5.74) is 13.0. The summed E-state index contributed by atoms with van der Waals surface area (Å²) in [6, 6.07) is 66.3. The lowest BCUT2D eigenvalue weighted by Gasteiger charge is -2.29. The lowest BCUT2D eigenvalue weighted by molar-refractivity contribution is 0.308. The molecule has 0 aromatic heterocycles. The highest BCUT2D eigenvalue weighted by molar-refractivity contribution is 7.80. The molecule has 0 fully saturated rings. The van der Waals surface area contributed by atoms with Gasteiger partial charge in [0.25, 0.3) is 0 Å². The van der Waals surface area contributed by atoms with Crippen molar-refractivity contribution in [2.45, 2.75) is 34.6 Å². The quantitative estimate of drug-likeness (QED) is 0.0914. The smallest absolute Gasteiger partial charge is 0.490 e. The molecular weight excluding hydrogens is 726 g/mol. The lowest BCUT2D eigenvalue weighted by atomic mass is 9.86. The Balaban J connectivity index is 1.39. The van der Waals surface area contributed by atoms with E-state index in [4.69, 9.17) is 14.0 Å². The van der Waals surface area contributed by atoms with Crippen LogP contribution in [0.1, 0.15) is 27.8 Å². The minimum atomic E-state index is -1.26. The van der Waals surface area contributed by atoms with Gasteiger partial charge >= 0.3 is 7.32 Å². The molecule has 5 heteroatoms. The molecule has 0 saturated carbocycles. The first-order chi connectivity index (χ1) is 28.3. The van der Waals surface area contributed by atoms with Crippen molar-refractivity contribution in [3.63, 3.8) is 0 Å². The molecule has 0 N–H and O–H groups in total. The Morgan fingerprint density at radius 2 is 0.828 bits per heavy atom. The van der Waals surface area contributed by atoms with Crippen LogP contribution >= 0.6 is 7.92 Å². The maximum Gasteiger partial charge on any atom is 0.864 e. The summed E-state index contributed by atoms with van der Waals surface area (Å²) >= 11 is 0. The number of rotatable bonds is 12. The Morgan fingerprint density at radius 1 is 0.379 bits per heavy atom. The molecule has 0 radical (unpaired) electrons. The van der Waals surface area contributed by atoms with Crippen molar-refractivity contribution >= 4 is 31.2 Å². The predicted octanol–water partition coefficient (Wildman–Crippen LogP) is 12.5. The number of hydrogen-bond donors (Lipinski definition) is 0. The van der Waals surface area contributed by atoms with E-state index in [9.17, 15) is 0 Å². The summed E-state index contributed by atoms with van der Waals surface area (Å²) in [6.45, 7) is 10.7. The fraction of sp³-hybridized carbons (Fsp3) is 0.0943. The molecule has 8 aromatic carbocycles. The van der Waals surface area contributed by atoms with Gasteiger partial charge in [-0.15, -0.1) is 0 Å². The van der Waals surface area contributed by atoms with Crippen LogP contribution in [0.5, 0.6) is 17.2 Å². The summed E-state index contributed by atoms with van der Waals surface area (Å²) in [6.07, 6.45) is 0. The fourth-order valence-electron chi connectivity index (χ4n) is 7.36. The Morgan fingerprint density at radius 3 is 1.34 bits per heavy atom. The second-order valence-electron chi connectivity index (χ2n) is 14.8. The van der Waals surface area contributed by atoms with Crippen molar-refractivity contribution in [3.8, 4) is 50.6 Å². The van der Waals surface area contributed by atoms with Gasteiger partial charge in [0, 0.05) is 5.30 Å². The van der Waals surface area contributed by atoms with Gasteiger partial charge in [0.05, 0.1) is 0 Å². The average molecular weight is 773 g/mol. The van der Waals surface area contributed by atoms with Crippen LogP contribution in [-0.2, 0) is 0 Å². The van der Waals surface area contributed by atoms with Gasteiger partial charge in [-0.3, -0.25) is 0 Å². The number of hydrogen-bond acceptors (Lipinski definition) is 3. The van der Waals surface area contributed by atoms with Crippen LogP contribution in [-0.4, -0.2) is 7.32 Å². The van der Waals surface area contributed by atoms with Gasteiger partial charge in [-0.25, -0.2) is 0 Å². The average Bonchev–Trinajstić information content (AvgIpc) is 3.25. The van der Waals surface area contributed by atoms with Gasteiger partial charge in [0.1, 0.15) is 17.2 Å². The van der Waals surface area contributed by atoms with Crippen LogP contribution in [0, 0.1) is 34.6 Å². The molecule has 0 aliphatic rings. The summed E-state index contributed by atoms with van der Waals surface area (Å²) in [7, 11) is -2.34. The Kier molecular flexibility index (Phi) is 11.6. The number of benzene rings is 8. The highest BCUT2D eigenvalue weighted by atomic mass is 31.1. The third kappa shape index (κ3) is 8.64. The topological polar surface area (TPSA) is 27.7 Å². The minimum Gasteiger partial charge on any atom is -0.490 e. The molecule has 0 aliphatic carbocycles. The molecule has 8 rings (SSSR count). The Hall–Kier alpha value is -6.35. The molecular formula is C53H46BO3P. The summed E-state index contributed by atoms with van der Waals surface area (Å²) < 4.78 is 20.0. The first-order valence-electron chi connectivity index (χ1n) is 19.8. The summed E-state index contributed by atoms with van der Waals surface area (Å²) in [4.78, 5) is 0. The molecule has 8 aromatic rings. The Bertz CT molecular complexity index is 2560. The van der Waals surface area contributed by atoms with E-state index in [1.54, 1.807) is 0 Å². The number of aryl methyl sites for hydroxylation is 4. The van der Waals surface area contributed by atoms with Crippen molar-refractivity contribution in [2.75, 3.05) is 0 Å². The van der Waals surface area contributed by atoms with Gasteiger partial charge in [-0.05, 0) is 135 Å². The molecule has 58 heavy (non-hydrogen) atoms. The molecule has 1 atom stereocenters. The van der Waals surface area contributed by atoms with Crippen molar-refractivity contribution in [3.05, 3.63) is 216 Å². The van der Waals surface area contributed by atoms with Crippen molar-refractivity contribution in [1.82, 2.24) is 0 Å². The molecule has 0 spiro atoms. The molecule has 3 nitrogen and oxygen atoms in total. The summed E-state index contributed by atoms with van der Waals surface area (Å²) in [5, 5.41) is 3.52. The minimum absolute atomic E-state index is 0.655. The molecule has 0 aliphatic heterocycles. The highest BCUT2D eigenvalue weighted by Crippen LogP contribution is 2.47. The first-order valence-corrected chi connectivity index (χ1v) is 21.1. The second kappa shape index (κ2) is 17.4. The van der Waals surface area contributed by atoms with E-state index in [2.05, 4.69) is 174 Å². The van der Waals surface area contributed by atoms with E-state index in [1.807, 2.05) is 48.5 Å². The second-order valence-corrected chi connectivity index (χ2v) is 17.0. The standard InChI is InChI=1S/C53H46BO3P/c1-37-21-28-45(29-22-37)55-54(56-46-30-23-38(2)24-31-46)57-49-34-27-40(4)35-50(49)58(47-32-25-39(3)26-33-47)51-36-48(42-15-9-6-10-16-42)41(5)52(43-17-11-7-12-18-43)53(51)44-19-13-8-14-20-44/h6-36H,1-5H3. The fourth-order valence-corrected chi connectivity index (χ4v) is 10.0.